The van der Waals surface area contributed by atoms with Crippen LogP contribution in [0.2, 0.25) is 0 Å². The van der Waals surface area contributed by atoms with E-state index in [0.29, 0.717) is 42.1 Å². The van der Waals surface area contributed by atoms with Crippen LogP contribution in [0.5, 0.6) is 0 Å². The summed E-state index contributed by atoms with van der Waals surface area (Å²) in [5, 5.41) is 13.3. The number of rotatable bonds is 5. The summed E-state index contributed by atoms with van der Waals surface area (Å²) in [5.41, 5.74) is 1.02. The number of benzene rings is 1. The van der Waals surface area contributed by atoms with Crippen molar-refractivity contribution in [3.05, 3.63) is 52.2 Å². The first-order valence-corrected chi connectivity index (χ1v) is 10.2. The van der Waals surface area contributed by atoms with Crippen LogP contribution in [0.15, 0.2) is 41.8 Å². The van der Waals surface area contributed by atoms with Gasteiger partial charge in [0, 0.05) is 18.8 Å². The molecule has 1 saturated heterocycles. The molecule has 0 saturated carbocycles. The van der Waals surface area contributed by atoms with Crippen molar-refractivity contribution in [2.45, 2.75) is 25.9 Å². The van der Waals surface area contributed by atoms with E-state index in [4.69, 9.17) is 10.00 Å². The molecule has 29 heavy (non-hydrogen) atoms. The predicted octanol–water partition coefficient (Wildman–Crippen LogP) is 3.04. The van der Waals surface area contributed by atoms with Gasteiger partial charge in [-0.15, -0.1) is 11.3 Å². The summed E-state index contributed by atoms with van der Waals surface area (Å²) < 4.78 is 5.33. The summed E-state index contributed by atoms with van der Waals surface area (Å²) in [6.07, 6.45) is 0.0868. The van der Waals surface area contributed by atoms with Crippen molar-refractivity contribution in [3.63, 3.8) is 0 Å². The van der Waals surface area contributed by atoms with Crippen molar-refractivity contribution in [1.82, 2.24) is 4.90 Å². The molecule has 3 rings (SSSR count). The zero-order valence-electron chi connectivity index (χ0n) is 16.0. The third-order valence-electron chi connectivity index (χ3n) is 4.79. The minimum absolute atomic E-state index is 0.0121. The predicted molar refractivity (Wildman–Crippen MR) is 108 cm³/mol. The molecule has 1 N–H and O–H groups in total. The molecule has 1 aliphatic heterocycles. The molecule has 0 bridgehead atoms. The Kier molecular flexibility index (Phi) is 6.62. The van der Waals surface area contributed by atoms with Crippen molar-refractivity contribution in [3.8, 4) is 6.07 Å². The maximum atomic E-state index is 12.4. The molecule has 1 fully saturated rings. The van der Waals surface area contributed by atoms with E-state index in [0.717, 1.165) is 0 Å². The van der Waals surface area contributed by atoms with E-state index in [1.54, 1.807) is 35.2 Å². The maximum absolute atomic E-state index is 12.4. The van der Waals surface area contributed by atoms with Gasteiger partial charge >= 0.3 is 5.97 Å². The number of anilines is 1. The fourth-order valence-corrected chi connectivity index (χ4v) is 3.76. The highest BCUT2D eigenvalue weighted by atomic mass is 32.1. The lowest BCUT2D eigenvalue weighted by atomic mass is 9.97. The maximum Gasteiger partial charge on any atom is 0.309 e. The van der Waals surface area contributed by atoms with Crippen LogP contribution >= 0.6 is 11.3 Å². The first-order valence-electron chi connectivity index (χ1n) is 9.32. The van der Waals surface area contributed by atoms with Gasteiger partial charge in [-0.3, -0.25) is 14.4 Å². The molecule has 0 aliphatic carbocycles. The minimum Gasteiger partial charge on any atom is -0.452 e. The molecule has 2 amide bonds. The summed E-state index contributed by atoms with van der Waals surface area (Å²) >= 11 is 1.40. The van der Waals surface area contributed by atoms with Gasteiger partial charge in [-0.1, -0.05) is 6.07 Å². The zero-order valence-corrected chi connectivity index (χ0v) is 16.8. The van der Waals surface area contributed by atoms with E-state index in [9.17, 15) is 14.4 Å². The van der Waals surface area contributed by atoms with Crippen LogP contribution in [0.4, 0.5) is 5.69 Å². The van der Waals surface area contributed by atoms with Gasteiger partial charge in [-0.05, 0) is 55.5 Å². The smallest absolute Gasteiger partial charge is 0.309 e. The molecule has 2 aromatic rings. The van der Waals surface area contributed by atoms with Crippen LogP contribution in [0.25, 0.3) is 0 Å². The largest absolute Gasteiger partial charge is 0.452 e. The molecule has 0 spiro atoms. The molecule has 0 radical (unpaired) electrons. The number of piperidine rings is 1. The Bertz CT molecular complexity index is 910. The lowest BCUT2D eigenvalue weighted by molar-refractivity contribution is -0.158. The van der Waals surface area contributed by atoms with Gasteiger partial charge in [-0.25, -0.2) is 0 Å². The topological polar surface area (TPSA) is 99.5 Å². The molecule has 150 valence electrons. The molecule has 1 aromatic heterocycles. The van der Waals surface area contributed by atoms with Crippen LogP contribution in [0.1, 0.15) is 35.0 Å². The molecule has 8 heteroatoms. The summed E-state index contributed by atoms with van der Waals surface area (Å²) in [6, 6.07) is 12.1. The van der Waals surface area contributed by atoms with E-state index in [-0.39, 0.29) is 11.8 Å². The Labute approximate surface area is 172 Å². The number of amides is 2. The number of nitriles is 1. The van der Waals surface area contributed by atoms with E-state index < -0.39 is 18.0 Å². The Morgan fingerprint density at radius 1 is 1.21 bits per heavy atom. The Balaban J connectivity index is 1.46. The fourth-order valence-electron chi connectivity index (χ4n) is 3.07. The van der Waals surface area contributed by atoms with Crippen LogP contribution in [0, 0.1) is 17.2 Å². The Hall–Kier alpha value is -3.18. The van der Waals surface area contributed by atoms with Crippen molar-refractivity contribution < 1.29 is 19.1 Å². The molecule has 0 unspecified atom stereocenters. The van der Waals surface area contributed by atoms with E-state index in [1.165, 1.54) is 18.3 Å². The number of likely N-dealkylation sites (tertiary alicyclic amines) is 1. The number of nitrogens with one attached hydrogen (secondary N) is 1. The number of carbonyl (C=O) groups excluding carboxylic acids is 3. The van der Waals surface area contributed by atoms with Crippen LogP contribution in [-0.4, -0.2) is 41.9 Å². The van der Waals surface area contributed by atoms with Crippen LogP contribution in [-0.2, 0) is 14.3 Å². The minimum atomic E-state index is -0.941. The number of nitrogens with zero attached hydrogens (tertiary/aromatic N) is 2. The summed E-state index contributed by atoms with van der Waals surface area (Å²) in [6.45, 7) is 2.50. The van der Waals surface area contributed by atoms with Crippen molar-refractivity contribution in [1.29, 1.82) is 5.26 Å². The molecule has 1 aliphatic rings. The average molecular weight is 411 g/mol. The molecule has 7 nitrogen and oxygen atoms in total. The number of hydrogen-bond donors (Lipinski definition) is 1. The van der Waals surface area contributed by atoms with Gasteiger partial charge in [0.25, 0.3) is 11.8 Å². The Morgan fingerprint density at radius 2 is 1.90 bits per heavy atom. The number of esters is 1. The second-order valence-corrected chi connectivity index (χ2v) is 7.75. The molecular formula is C21H21N3O4S. The SMILES string of the molecule is C[C@@H](OC(=O)C1CCN(C(=O)c2cccs2)CC1)C(=O)Nc1ccc(C#N)cc1. The van der Waals surface area contributed by atoms with Crippen molar-refractivity contribution in [2.24, 2.45) is 5.92 Å². The number of hydrogen-bond acceptors (Lipinski definition) is 6. The normalized spacial score (nSPS) is 15.2. The summed E-state index contributed by atoms with van der Waals surface area (Å²) in [5.74, 6) is -1.20. The highest BCUT2D eigenvalue weighted by molar-refractivity contribution is 7.12. The van der Waals surface area contributed by atoms with Crippen LogP contribution < -0.4 is 5.32 Å². The fraction of sp³-hybridized carbons (Fsp3) is 0.333. The highest BCUT2D eigenvalue weighted by Gasteiger charge is 2.31. The van der Waals surface area contributed by atoms with Crippen LogP contribution in [0.3, 0.4) is 0 Å². The molecule has 1 atom stereocenters. The van der Waals surface area contributed by atoms with E-state index >= 15 is 0 Å². The zero-order chi connectivity index (χ0) is 20.8. The monoisotopic (exact) mass is 411 g/mol. The van der Waals surface area contributed by atoms with E-state index in [2.05, 4.69) is 5.32 Å². The standard InChI is InChI=1S/C21H21N3O4S/c1-14(19(25)23-17-6-4-15(13-22)5-7-17)28-21(27)16-8-10-24(11-9-16)20(26)18-3-2-12-29-18/h2-7,12,14,16H,8-11H2,1H3,(H,23,25)/t14-/m1/s1. The Morgan fingerprint density at radius 3 is 2.48 bits per heavy atom. The van der Waals surface area contributed by atoms with Gasteiger partial charge in [0.1, 0.15) is 0 Å². The van der Waals surface area contributed by atoms with Crippen molar-refractivity contribution >= 4 is 34.8 Å². The molecule has 1 aromatic carbocycles. The second kappa shape index (κ2) is 9.34. The van der Waals surface area contributed by atoms with Gasteiger partial charge in [0.2, 0.25) is 0 Å². The summed E-state index contributed by atoms with van der Waals surface area (Å²) in [4.78, 5) is 39.5. The van der Waals surface area contributed by atoms with Gasteiger partial charge < -0.3 is 15.0 Å². The molecular weight excluding hydrogens is 390 g/mol. The average Bonchev–Trinajstić information content (AvgIpc) is 3.28. The molecule has 2 heterocycles. The quantitative estimate of drug-likeness (QED) is 0.763. The number of carbonyl (C=O) groups is 3. The first kappa shape index (κ1) is 20.6. The lowest BCUT2D eigenvalue weighted by Crippen LogP contribution is -2.41. The van der Waals surface area contributed by atoms with Gasteiger partial charge in [-0.2, -0.15) is 5.26 Å². The second-order valence-electron chi connectivity index (χ2n) is 6.80. The van der Waals surface area contributed by atoms with Gasteiger partial charge in [0.15, 0.2) is 6.10 Å². The first-order chi connectivity index (χ1) is 14.0. The number of thiophene rings is 1. The highest BCUT2D eigenvalue weighted by Crippen LogP contribution is 2.22. The number of ether oxygens (including phenoxy) is 1. The third-order valence-corrected chi connectivity index (χ3v) is 5.65. The van der Waals surface area contributed by atoms with Gasteiger partial charge in [0.05, 0.1) is 22.4 Å². The summed E-state index contributed by atoms with van der Waals surface area (Å²) in [7, 11) is 0. The van der Waals surface area contributed by atoms with E-state index in [1.807, 2.05) is 17.5 Å². The third kappa shape index (κ3) is 5.21. The lowest BCUT2D eigenvalue weighted by Gasteiger charge is -2.31. The van der Waals surface area contributed by atoms with Crippen molar-refractivity contribution in [2.75, 3.05) is 18.4 Å².